The molecule has 92 valence electrons. The van der Waals surface area contributed by atoms with Crippen molar-refractivity contribution in [3.63, 3.8) is 0 Å². The van der Waals surface area contributed by atoms with E-state index in [1.807, 2.05) is 24.3 Å². The van der Waals surface area contributed by atoms with Crippen molar-refractivity contribution in [2.75, 3.05) is 0 Å². The highest BCUT2D eigenvalue weighted by molar-refractivity contribution is 5.78. The van der Waals surface area contributed by atoms with E-state index in [-0.39, 0.29) is 18.8 Å². The highest BCUT2D eigenvalue weighted by atomic mass is 16.1. The number of rotatable bonds is 6. The van der Waals surface area contributed by atoms with Gasteiger partial charge in [0.15, 0.2) is 0 Å². The molecule has 0 atom stereocenters. The molecule has 1 aromatic carbocycles. The van der Waals surface area contributed by atoms with Crippen molar-refractivity contribution in [1.82, 2.24) is 0 Å². The lowest BCUT2D eigenvalue weighted by Crippen LogP contribution is -2.21. The van der Waals surface area contributed by atoms with E-state index in [1.165, 1.54) is 5.56 Å². The van der Waals surface area contributed by atoms with Gasteiger partial charge in [-0.1, -0.05) is 31.2 Å². The van der Waals surface area contributed by atoms with E-state index in [2.05, 4.69) is 6.92 Å². The Morgan fingerprint density at radius 3 is 2.24 bits per heavy atom. The van der Waals surface area contributed by atoms with Crippen LogP contribution in [0.1, 0.15) is 36.8 Å². The van der Waals surface area contributed by atoms with Crippen LogP contribution in [0.25, 0.3) is 0 Å². The molecule has 4 heteroatoms. The third kappa shape index (κ3) is 4.26. The zero-order valence-electron chi connectivity index (χ0n) is 9.98. The van der Waals surface area contributed by atoms with Gasteiger partial charge in [0.25, 0.3) is 0 Å². The maximum absolute atomic E-state index is 11.0. The molecule has 0 fully saturated rings. The van der Waals surface area contributed by atoms with E-state index in [0.717, 1.165) is 12.0 Å². The summed E-state index contributed by atoms with van der Waals surface area (Å²) >= 11 is 0. The number of nitrogens with two attached hydrogens (primary N) is 2. The Kier molecular flexibility index (Phi) is 4.69. The topological polar surface area (TPSA) is 86.2 Å². The van der Waals surface area contributed by atoms with Crippen molar-refractivity contribution < 1.29 is 9.59 Å². The van der Waals surface area contributed by atoms with Crippen molar-refractivity contribution in [2.45, 2.75) is 32.1 Å². The average molecular weight is 234 g/mol. The van der Waals surface area contributed by atoms with Crippen LogP contribution in [0, 0.1) is 0 Å². The summed E-state index contributed by atoms with van der Waals surface area (Å²) < 4.78 is 0. The summed E-state index contributed by atoms with van der Waals surface area (Å²) in [5.74, 6) is -1.05. The molecule has 0 spiro atoms. The SMILES string of the molecule is CCc1cccc(C(CC(N)=O)CC(N)=O)c1. The van der Waals surface area contributed by atoms with Crippen molar-refractivity contribution in [3.05, 3.63) is 35.4 Å². The van der Waals surface area contributed by atoms with Crippen molar-refractivity contribution >= 4 is 11.8 Å². The zero-order chi connectivity index (χ0) is 12.8. The Bertz CT molecular complexity index is 400. The standard InChI is InChI=1S/C13H18N2O2/c1-2-9-4-3-5-10(6-9)11(7-12(14)16)8-13(15)17/h3-6,11H,2,7-8H2,1H3,(H2,14,16)(H2,15,17). The number of hydrogen-bond acceptors (Lipinski definition) is 2. The molecule has 0 saturated heterocycles. The minimum Gasteiger partial charge on any atom is -0.370 e. The van der Waals surface area contributed by atoms with E-state index in [4.69, 9.17) is 11.5 Å². The molecule has 0 saturated carbocycles. The number of benzene rings is 1. The quantitative estimate of drug-likeness (QED) is 0.771. The van der Waals surface area contributed by atoms with Crippen LogP contribution in [0.2, 0.25) is 0 Å². The average Bonchev–Trinajstić information content (AvgIpc) is 2.27. The van der Waals surface area contributed by atoms with Gasteiger partial charge in [-0.3, -0.25) is 9.59 Å². The summed E-state index contributed by atoms with van der Waals surface area (Å²) in [6.07, 6.45) is 1.21. The summed E-state index contributed by atoms with van der Waals surface area (Å²) in [5.41, 5.74) is 12.5. The fourth-order valence-corrected chi connectivity index (χ4v) is 1.86. The van der Waals surface area contributed by atoms with Gasteiger partial charge < -0.3 is 11.5 Å². The summed E-state index contributed by atoms with van der Waals surface area (Å²) in [6.45, 7) is 2.05. The smallest absolute Gasteiger partial charge is 0.218 e. The third-order valence-electron chi connectivity index (χ3n) is 2.73. The van der Waals surface area contributed by atoms with E-state index in [0.29, 0.717) is 0 Å². The fourth-order valence-electron chi connectivity index (χ4n) is 1.86. The minimum absolute atomic E-state index is 0.149. The van der Waals surface area contributed by atoms with Crippen LogP contribution >= 0.6 is 0 Å². The molecule has 4 N–H and O–H groups in total. The molecule has 0 aromatic heterocycles. The first-order chi connectivity index (χ1) is 8.02. The lowest BCUT2D eigenvalue weighted by atomic mass is 9.90. The van der Waals surface area contributed by atoms with Crippen LogP contribution in [0.4, 0.5) is 0 Å². The van der Waals surface area contributed by atoms with Gasteiger partial charge in [-0.05, 0) is 17.5 Å². The molecule has 17 heavy (non-hydrogen) atoms. The normalized spacial score (nSPS) is 10.5. The first kappa shape index (κ1) is 13.2. The van der Waals surface area contributed by atoms with Crippen LogP contribution in [0.15, 0.2) is 24.3 Å². The van der Waals surface area contributed by atoms with Gasteiger partial charge in [0, 0.05) is 18.8 Å². The second-order valence-corrected chi connectivity index (χ2v) is 4.14. The lowest BCUT2D eigenvalue weighted by Gasteiger charge is -2.14. The molecule has 2 amide bonds. The fraction of sp³-hybridized carbons (Fsp3) is 0.385. The second kappa shape index (κ2) is 6.03. The van der Waals surface area contributed by atoms with Gasteiger partial charge in [0.1, 0.15) is 0 Å². The van der Waals surface area contributed by atoms with E-state index >= 15 is 0 Å². The molecule has 0 bridgehead atoms. The molecule has 0 aliphatic rings. The Morgan fingerprint density at radius 2 is 1.76 bits per heavy atom. The largest absolute Gasteiger partial charge is 0.370 e. The Hall–Kier alpha value is -1.84. The maximum Gasteiger partial charge on any atom is 0.218 e. The minimum atomic E-state index is -0.418. The highest BCUT2D eigenvalue weighted by Gasteiger charge is 2.17. The van der Waals surface area contributed by atoms with Gasteiger partial charge in [-0.15, -0.1) is 0 Å². The predicted octanol–water partition coefficient (Wildman–Crippen LogP) is 1.08. The first-order valence-corrected chi connectivity index (χ1v) is 5.68. The van der Waals surface area contributed by atoms with Crippen LogP contribution in [-0.4, -0.2) is 11.8 Å². The zero-order valence-corrected chi connectivity index (χ0v) is 9.98. The molecular weight excluding hydrogens is 216 g/mol. The Labute approximate surface area is 101 Å². The molecular formula is C13H18N2O2. The monoisotopic (exact) mass is 234 g/mol. The summed E-state index contributed by atoms with van der Waals surface area (Å²) in [7, 11) is 0. The van der Waals surface area contributed by atoms with Crippen LogP contribution < -0.4 is 11.5 Å². The molecule has 1 aromatic rings. The molecule has 0 aliphatic carbocycles. The van der Waals surface area contributed by atoms with Crippen molar-refractivity contribution in [3.8, 4) is 0 Å². The van der Waals surface area contributed by atoms with Crippen molar-refractivity contribution in [2.24, 2.45) is 11.5 Å². The summed E-state index contributed by atoms with van der Waals surface area (Å²) in [6, 6.07) is 7.82. The molecule has 4 nitrogen and oxygen atoms in total. The molecule has 0 unspecified atom stereocenters. The van der Waals surface area contributed by atoms with E-state index in [1.54, 1.807) is 0 Å². The Morgan fingerprint density at radius 1 is 1.18 bits per heavy atom. The van der Waals surface area contributed by atoms with E-state index < -0.39 is 11.8 Å². The number of hydrogen-bond donors (Lipinski definition) is 2. The first-order valence-electron chi connectivity index (χ1n) is 5.68. The van der Waals surface area contributed by atoms with Crippen molar-refractivity contribution in [1.29, 1.82) is 0 Å². The molecule has 1 rings (SSSR count). The summed E-state index contributed by atoms with van der Waals surface area (Å²) in [4.78, 5) is 22.0. The Balaban J connectivity index is 2.94. The predicted molar refractivity (Wildman–Crippen MR) is 66.2 cm³/mol. The van der Waals surface area contributed by atoms with Crippen LogP contribution in [0.5, 0.6) is 0 Å². The molecule has 0 heterocycles. The van der Waals surface area contributed by atoms with E-state index in [9.17, 15) is 9.59 Å². The van der Waals surface area contributed by atoms with Gasteiger partial charge in [0.2, 0.25) is 11.8 Å². The lowest BCUT2D eigenvalue weighted by molar-refractivity contribution is -0.119. The number of carbonyl (C=O) groups excluding carboxylic acids is 2. The van der Waals surface area contributed by atoms with Gasteiger partial charge in [-0.2, -0.15) is 0 Å². The number of carbonyl (C=O) groups is 2. The number of aryl methyl sites for hydroxylation is 1. The molecule has 0 radical (unpaired) electrons. The van der Waals surface area contributed by atoms with Gasteiger partial charge in [0.05, 0.1) is 0 Å². The third-order valence-corrected chi connectivity index (χ3v) is 2.73. The highest BCUT2D eigenvalue weighted by Crippen LogP contribution is 2.24. The van der Waals surface area contributed by atoms with Gasteiger partial charge >= 0.3 is 0 Å². The number of amides is 2. The maximum atomic E-state index is 11.0. The van der Waals surface area contributed by atoms with Crippen LogP contribution in [-0.2, 0) is 16.0 Å². The number of primary amides is 2. The van der Waals surface area contributed by atoms with Crippen LogP contribution in [0.3, 0.4) is 0 Å². The molecule has 0 aliphatic heterocycles. The van der Waals surface area contributed by atoms with Gasteiger partial charge in [-0.25, -0.2) is 0 Å². The second-order valence-electron chi connectivity index (χ2n) is 4.14. The summed E-state index contributed by atoms with van der Waals surface area (Å²) in [5, 5.41) is 0.